The molecule has 6 heteroatoms. The van der Waals surface area contributed by atoms with Crippen LogP contribution < -0.4 is 5.73 Å². The fourth-order valence-corrected chi connectivity index (χ4v) is 1.47. The summed E-state index contributed by atoms with van der Waals surface area (Å²) in [7, 11) is 0. The van der Waals surface area contributed by atoms with E-state index in [2.05, 4.69) is 5.10 Å². The summed E-state index contributed by atoms with van der Waals surface area (Å²) in [6.45, 7) is 1.95. The van der Waals surface area contributed by atoms with Gasteiger partial charge < -0.3 is 10.5 Å². The number of benzene rings is 1. The Morgan fingerprint density at radius 1 is 1.44 bits per heavy atom. The Bertz CT molecular complexity index is 563. The van der Waals surface area contributed by atoms with Gasteiger partial charge in [0.1, 0.15) is 5.82 Å². The lowest BCUT2D eigenvalue weighted by Gasteiger charge is -2.00. The number of hydrogen-bond acceptors (Lipinski definition) is 4. The average molecular weight is 249 g/mol. The van der Waals surface area contributed by atoms with Crippen LogP contribution in [0, 0.1) is 5.82 Å². The lowest BCUT2D eigenvalue weighted by molar-refractivity contribution is 0.0520. The Balaban J connectivity index is 2.34. The number of carbonyl (C=O) groups excluding carboxylic acids is 1. The third-order valence-corrected chi connectivity index (χ3v) is 2.30. The second kappa shape index (κ2) is 4.87. The molecule has 1 aromatic heterocycles. The summed E-state index contributed by atoms with van der Waals surface area (Å²) in [4.78, 5) is 11.5. The Kier molecular flexibility index (Phi) is 3.27. The van der Waals surface area contributed by atoms with E-state index < -0.39 is 5.97 Å². The van der Waals surface area contributed by atoms with E-state index >= 15 is 0 Å². The lowest BCUT2D eigenvalue weighted by atomic mass is 10.3. The minimum atomic E-state index is -0.573. The molecule has 0 amide bonds. The number of rotatable bonds is 3. The van der Waals surface area contributed by atoms with E-state index in [-0.39, 0.29) is 23.8 Å². The van der Waals surface area contributed by atoms with E-state index in [1.54, 1.807) is 6.92 Å². The summed E-state index contributed by atoms with van der Waals surface area (Å²) < 4.78 is 19.0. The third kappa shape index (κ3) is 2.32. The summed E-state index contributed by atoms with van der Waals surface area (Å²) in [5, 5.41) is 4.02. The van der Waals surface area contributed by atoms with E-state index in [1.165, 1.54) is 35.1 Å². The molecule has 1 heterocycles. The summed E-state index contributed by atoms with van der Waals surface area (Å²) in [6.07, 6.45) is 1.49. The SMILES string of the molecule is CCOC(=O)c1nn(-c2ccc(F)cc2)cc1N. The fourth-order valence-electron chi connectivity index (χ4n) is 1.47. The van der Waals surface area contributed by atoms with Gasteiger partial charge in [-0.2, -0.15) is 5.10 Å². The van der Waals surface area contributed by atoms with Crippen LogP contribution in [0.1, 0.15) is 17.4 Å². The van der Waals surface area contributed by atoms with Crippen LogP contribution in [0.15, 0.2) is 30.5 Å². The second-order valence-electron chi connectivity index (χ2n) is 3.57. The molecule has 0 saturated carbocycles. The standard InChI is InChI=1S/C12H12FN3O2/c1-2-18-12(17)11-10(14)7-16(15-11)9-5-3-8(13)4-6-9/h3-7H,2,14H2,1H3. The van der Waals surface area contributed by atoms with Crippen molar-refractivity contribution in [3.8, 4) is 5.69 Å². The molecule has 0 spiro atoms. The number of nitrogens with two attached hydrogens (primary N) is 1. The Labute approximate surface area is 103 Å². The number of nitrogens with zero attached hydrogens (tertiary/aromatic N) is 2. The zero-order chi connectivity index (χ0) is 13.1. The number of hydrogen-bond donors (Lipinski definition) is 1. The van der Waals surface area contributed by atoms with Crippen LogP contribution in [0.2, 0.25) is 0 Å². The Hall–Kier alpha value is -2.37. The van der Waals surface area contributed by atoms with Gasteiger partial charge >= 0.3 is 5.97 Å². The van der Waals surface area contributed by atoms with E-state index in [0.717, 1.165) is 0 Å². The van der Waals surface area contributed by atoms with Crippen molar-refractivity contribution in [3.63, 3.8) is 0 Å². The predicted molar refractivity (Wildman–Crippen MR) is 63.9 cm³/mol. The highest BCUT2D eigenvalue weighted by Gasteiger charge is 2.16. The van der Waals surface area contributed by atoms with Crippen LogP contribution in [0.4, 0.5) is 10.1 Å². The molecule has 2 rings (SSSR count). The van der Waals surface area contributed by atoms with Gasteiger partial charge in [-0.1, -0.05) is 0 Å². The van der Waals surface area contributed by atoms with Gasteiger partial charge in [0.05, 0.1) is 24.2 Å². The highest BCUT2D eigenvalue weighted by atomic mass is 19.1. The smallest absolute Gasteiger partial charge is 0.361 e. The second-order valence-corrected chi connectivity index (χ2v) is 3.57. The number of halogens is 1. The molecule has 5 nitrogen and oxygen atoms in total. The molecule has 94 valence electrons. The van der Waals surface area contributed by atoms with Gasteiger partial charge in [0.2, 0.25) is 0 Å². The maximum atomic E-state index is 12.8. The molecule has 2 N–H and O–H groups in total. The van der Waals surface area contributed by atoms with Gasteiger partial charge in [0, 0.05) is 0 Å². The Morgan fingerprint density at radius 2 is 2.11 bits per heavy atom. The number of esters is 1. The Morgan fingerprint density at radius 3 is 2.72 bits per heavy atom. The molecule has 0 aliphatic heterocycles. The van der Waals surface area contributed by atoms with Gasteiger partial charge in [-0.15, -0.1) is 0 Å². The summed E-state index contributed by atoms with van der Waals surface area (Å²) >= 11 is 0. The molecule has 18 heavy (non-hydrogen) atoms. The van der Waals surface area contributed by atoms with Crippen molar-refractivity contribution in [2.75, 3.05) is 12.3 Å². The first-order valence-electron chi connectivity index (χ1n) is 5.40. The molecule has 0 bridgehead atoms. The molecular formula is C12H12FN3O2. The number of anilines is 1. The van der Waals surface area contributed by atoms with Crippen LogP contribution in [0.3, 0.4) is 0 Å². The molecule has 2 aromatic rings. The summed E-state index contributed by atoms with van der Waals surface area (Å²) in [5.74, 6) is -0.916. The van der Waals surface area contributed by atoms with Crippen molar-refractivity contribution in [1.29, 1.82) is 0 Å². The third-order valence-electron chi connectivity index (χ3n) is 2.30. The predicted octanol–water partition coefficient (Wildman–Crippen LogP) is 1.77. The van der Waals surface area contributed by atoms with Crippen molar-refractivity contribution in [2.24, 2.45) is 0 Å². The van der Waals surface area contributed by atoms with Crippen molar-refractivity contribution in [2.45, 2.75) is 6.92 Å². The van der Waals surface area contributed by atoms with Gasteiger partial charge in [-0.25, -0.2) is 13.9 Å². The first kappa shape index (κ1) is 12.1. The van der Waals surface area contributed by atoms with Crippen LogP contribution in [0.25, 0.3) is 5.69 Å². The first-order chi connectivity index (χ1) is 8.61. The van der Waals surface area contributed by atoms with E-state index in [0.29, 0.717) is 5.69 Å². The summed E-state index contributed by atoms with van der Waals surface area (Å²) in [5.41, 5.74) is 6.57. The zero-order valence-electron chi connectivity index (χ0n) is 9.76. The topological polar surface area (TPSA) is 70.1 Å². The normalized spacial score (nSPS) is 10.3. The number of nitrogen functional groups attached to an aromatic ring is 1. The first-order valence-corrected chi connectivity index (χ1v) is 5.40. The quantitative estimate of drug-likeness (QED) is 0.841. The number of ether oxygens (including phenoxy) is 1. The number of carbonyl (C=O) groups is 1. The van der Waals surface area contributed by atoms with Crippen LogP contribution in [-0.2, 0) is 4.74 Å². The molecule has 0 saturated heterocycles. The van der Waals surface area contributed by atoms with Crippen molar-refractivity contribution in [3.05, 3.63) is 42.0 Å². The highest BCUT2D eigenvalue weighted by molar-refractivity contribution is 5.92. The van der Waals surface area contributed by atoms with Crippen molar-refractivity contribution < 1.29 is 13.9 Å². The van der Waals surface area contributed by atoms with Crippen LogP contribution in [0.5, 0.6) is 0 Å². The molecule has 0 aliphatic rings. The van der Waals surface area contributed by atoms with Crippen molar-refractivity contribution >= 4 is 11.7 Å². The van der Waals surface area contributed by atoms with Gasteiger partial charge in [0.25, 0.3) is 0 Å². The molecular weight excluding hydrogens is 237 g/mol. The maximum absolute atomic E-state index is 12.8. The van der Waals surface area contributed by atoms with Gasteiger partial charge in [0.15, 0.2) is 5.69 Å². The molecule has 0 atom stereocenters. The monoisotopic (exact) mass is 249 g/mol. The number of aromatic nitrogens is 2. The largest absolute Gasteiger partial charge is 0.461 e. The average Bonchev–Trinajstić information content (AvgIpc) is 2.72. The van der Waals surface area contributed by atoms with E-state index in [4.69, 9.17) is 10.5 Å². The minimum Gasteiger partial charge on any atom is -0.461 e. The van der Waals surface area contributed by atoms with E-state index in [1.807, 2.05) is 0 Å². The molecule has 0 unspecified atom stereocenters. The molecule has 0 radical (unpaired) electrons. The molecule has 0 aliphatic carbocycles. The van der Waals surface area contributed by atoms with E-state index in [9.17, 15) is 9.18 Å². The highest BCUT2D eigenvalue weighted by Crippen LogP contribution is 2.15. The molecule has 1 aromatic carbocycles. The van der Waals surface area contributed by atoms with Crippen molar-refractivity contribution in [1.82, 2.24) is 9.78 Å². The van der Waals surface area contributed by atoms with Crippen LogP contribution in [-0.4, -0.2) is 22.4 Å². The van der Waals surface area contributed by atoms with Crippen LogP contribution >= 0.6 is 0 Å². The minimum absolute atomic E-state index is 0.0566. The van der Waals surface area contributed by atoms with Gasteiger partial charge in [-0.3, -0.25) is 0 Å². The van der Waals surface area contributed by atoms with Gasteiger partial charge in [-0.05, 0) is 31.2 Å². The maximum Gasteiger partial charge on any atom is 0.361 e. The fraction of sp³-hybridized carbons (Fsp3) is 0.167. The lowest BCUT2D eigenvalue weighted by Crippen LogP contribution is -2.08. The zero-order valence-corrected chi connectivity index (χ0v) is 9.76. The molecule has 0 fully saturated rings. The summed E-state index contributed by atoms with van der Waals surface area (Å²) in [6, 6.07) is 5.68.